The van der Waals surface area contributed by atoms with Crippen LogP contribution in [0.15, 0.2) is 18.2 Å². The van der Waals surface area contributed by atoms with Gasteiger partial charge in [-0.2, -0.15) is 0 Å². The molecule has 2 aromatic rings. The van der Waals surface area contributed by atoms with Crippen molar-refractivity contribution < 1.29 is 19.6 Å². The van der Waals surface area contributed by atoms with Gasteiger partial charge in [0, 0.05) is 40.6 Å². The fraction of sp³-hybridized carbons (Fsp3) is 0.333. The van der Waals surface area contributed by atoms with E-state index in [9.17, 15) is 24.8 Å². The number of fused-ring (bicyclic) bond motifs is 1. The first-order chi connectivity index (χ1) is 10.6. The molecule has 2 rings (SSSR count). The topological polar surface area (TPSA) is 125 Å². The van der Waals surface area contributed by atoms with Crippen molar-refractivity contribution in [1.82, 2.24) is 10.3 Å². The minimum absolute atomic E-state index is 0.0289. The Morgan fingerprint density at radius 3 is 2.52 bits per heavy atom. The summed E-state index contributed by atoms with van der Waals surface area (Å²) in [5.74, 6) is -1.43. The van der Waals surface area contributed by atoms with Gasteiger partial charge in [0.2, 0.25) is 5.91 Å². The van der Waals surface area contributed by atoms with E-state index >= 15 is 0 Å². The fourth-order valence-electron chi connectivity index (χ4n) is 2.15. The van der Waals surface area contributed by atoms with Gasteiger partial charge in [-0.25, -0.2) is 4.79 Å². The number of nitro benzene ring substituents is 1. The molecule has 1 amide bonds. The first-order valence-electron chi connectivity index (χ1n) is 6.92. The third-order valence-corrected chi connectivity index (χ3v) is 3.42. The molecule has 0 atom stereocenters. The predicted molar refractivity (Wildman–Crippen MR) is 83.2 cm³/mol. The molecule has 0 radical (unpaired) electrons. The minimum Gasteiger partial charge on any atom is -0.477 e. The Morgan fingerprint density at radius 1 is 1.35 bits per heavy atom. The largest absolute Gasteiger partial charge is 0.477 e. The van der Waals surface area contributed by atoms with Gasteiger partial charge in [-0.05, 0) is 6.07 Å². The Labute approximate surface area is 131 Å². The van der Waals surface area contributed by atoms with Gasteiger partial charge in [-0.15, -0.1) is 0 Å². The standard InChI is InChI=1S/C15H17N3O5/c1-15(2,3)14(21)16-7-10-9-6-8(18(22)23)4-5-11(9)17-12(10)13(19)20/h4-6,17H,7H2,1-3H3,(H,16,21)(H,19,20). The van der Waals surface area contributed by atoms with Crippen molar-refractivity contribution in [1.29, 1.82) is 0 Å². The van der Waals surface area contributed by atoms with Crippen LogP contribution in [0.1, 0.15) is 36.8 Å². The zero-order valence-electron chi connectivity index (χ0n) is 13.0. The summed E-state index contributed by atoms with van der Waals surface area (Å²) in [5, 5.41) is 23.3. The zero-order valence-corrected chi connectivity index (χ0v) is 13.0. The quantitative estimate of drug-likeness (QED) is 0.589. The van der Waals surface area contributed by atoms with Crippen molar-refractivity contribution in [3.63, 3.8) is 0 Å². The SMILES string of the molecule is CC(C)(C)C(=O)NCc1c(C(=O)O)[nH]c2ccc([N+](=O)[O-])cc12. The van der Waals surface area contributed by atoms with Crippen LogP contribution >= 0.6 is 0 Å². The molecule has 0 unspecified atom stereocenters. The number of aromatic amines is 1. The molecule has 0 aliphatic carbocycles. The lowest BCUT2D eigenvalue weighted by atomic mass is 9.95. The molecule has 0 aliphatic heterocycles. The molecule has 0 aliphatic rings. The lowest BCUT2D eigenvalue weighted by Crippen LogP contribution is -2.34. The van der Waals surface area contributed by atoms with E-state index in [1.54, 1.807) is 20.8 Å². The number of nitro groups is 1. The summed E-state index contributed by atoms with van der Waals surface area (Å²) in [6.07, 6.45) is 0. The van der Waals surface area contributed by atoms with Gasteiger partial charge in [0.25, 0.3) is 5.69 Å². The number of carboxylic acids is 1. The number of amides is 1. The Morgan fingerprint density at radius 2 is 2.00 bits per heavy atom. The van der Waals surface area contributed by atoms with Crippen LogP contribution in [-0.2, 0) is 11.3 Å². The van der Waals surface area contributed by atoms with Crippen molar-refractivity contribution in [2.45, 2.75) is 27.3 Å². The van der Waals surface area contributed by atoms with E-state index in [4.69, 9.17) is 0 Å². The summed E-state index contributed by atoms with van der Waals surface area (Å²) >= 11 is 0. The van der Waals surface area contributed by atoms with Gasteiger partial charge in [0.15, 0.2) is 0 Å². The molecule has 0 saturated carbocycles. The predicted octanol–water partition coefficient (Wildman–Crippen LogP) is 2.44. The number of rotatable bonds is 4. The number of hydrogen-bond donors (Lipinski definition) is 3. The van der Waals surface area contributed by atoms with Gasteiger partial charge in [-0.1, -0.05) is 20.8 Å². The van der Waals surface area contributed by atoms with Crippen LogP contribution in [0.4, 0.5) is 5.69 Å². The second kappa shape index (κ2) is 5.71. The molecule has 8 nitrogen and oxygen atoms in total. The van der Waals surface area contributed by atoms with E-state index in [1.165, 1.54) is 18.2 Å². The number of H-pyrrole nitrogens is 1. The highest BCUT2D eigenvalue weighted by Crippen LogP contribution is 2.27. The highest BCUT2D eigenvalue weighted by atomic mass is 16.6. The molecule has 8 heteroatoms. The highest BCUT2D eigenvalue weighted by Gasteiger charge is 2.24. The maximum Gasteiger partial charge on any atom is 0.352 e. The number of benzene rings is 1. The summed E-state index contributed by atoms with van der Waals surface area (Å²) in [4.78, 5) is 36.4. The number of aromatic nitrogens is 1. The second-order valence-electron chi connectivity index (χ2n) is 6.20. The van der Waals surface area contributed by atoms with Crippen LogP contribution in [0.3, 0.4) is 0 Å². The molecule has 1 aromatic carbocycles. The third-order valence-electron chi connectivity index (χ3n) is 3.42. The number of nitrogens with zero attached hydrogens (tertiary/aromatic N) is 1. The van der Waals surface area contributed by atoms with E-state index < -0.39 is 16.3 Å². The first-order valence-corrected chi connectivity index (χ1v) is 6.92. The number of carbonyl (C=O) groups is 2. The van der Waals surface area contributed by atoms with Crippen LogP contribution in [-0.4, -0.2) is 26.9 Å². The van der Waals surface area contributed by atoms with Gasteiger partial charge in [0.05, 0.1) is 4.92 Å². The molecule has 0 bridgehead atoms. The molecule has 0 spiro atoms. The molecule has 0 saturated heterocycles. The Bertz CT molecular complexity index is 801. The summed E-state index contributed by atoms with van der Waals surface area (Å²) in [5.41, 5.74) is -0.0741. The van der Waals surface area contributed by atoms with E-state index in [0.29, 0.717) is 16.5 Å². The molecule has 1 aromatic heterocycles. The Kier molecular flexibility index (Phi) is 4.09. The van der Waals surface area contributed by atoms with Crippen molar-refractivity contribution in [2.24, 2.45) is 5.41 Å². The van der Waals surface area contributed by atoms with E-state index in [-0.39, 0.29) is 23.8 Å². The van der Waals surface area contributed by atoms with Gasteiger partial charge < -0.3 is 15.4 Å². The fourth-order valence-corrected chi connectivity index (χ4v) is 2.15. The Hall–Kier alpha value is -2.90. The molecule has 122 valence electrons. The zero-order chi connectivity index (χ0) is 17.4. The summed E-state index contributed by atoms with van der Waals surface area (Å²) in [6.45, 7) is 5.18. The summed E-state index contributed by atoms with van der Waals surface area (Å²) in [7, 11) is 0. The maximum atomic E-state index is 12.0. The average Bonchev–Trinajstić information content (AvgIpc) is 2.81. The molecular weight excluding hydrogens is 302 g/mol. The van der Waals surface area contributed by atoms with Crippen LogP contribution in [0, 0.1) is 15.5 Å². The molecule has 0 fully saturated rings. The van der Waals surface area contributed by atoms with Crippen LogP contribution in [0.5, 0.6) is 0 Å². The number of non-ortho nitro benzene ring substituents is 1. The average molecular weight is 319 g/mol. The van der Waals surface area contributed by atoms with Crippen molar-refractivity contribution >= 4 is 28.5 Å². The van der Waals surface area contributed by atoms with Gasteiger partial charge in [-0.3, -0.25) is 14.9 Å². The number of carbonyl (C=O) groups excluding carboxylic acids is 1. The van der Waals surface area contributed by atoms with Crippen molar-refractivity contribution in [2.75, 3.05) is 0 Å². The normalized spacial score (nSPS) is 11.4. The van der Waals surface area contributed by atoms with Crippen molar-refractivity contribution in [3.05, 3.63) is 39.6 Å². The van der Waals surface area contributed by atoms with Gasteiger partial charge >= 0.3 is 5.97 Å². The minimum atomic E-state index is -1.19. The lowest BCUT2D eigenvalue weighted by molar-refractivity contribution is -0.384. The van der Waals surface area contributed by atoms with Crippen LogP contribution in [0.2, 0.25) is 0 Å². The van der Waals surface area contributed by atoms with E-state index in [2.05, 4.69) is 10.3 Å². The molecule has 1 heterocycles. The smallest absolute Gasteiger partial charge is 0.352 e. The second-order valence-corrected chi connectivity index (χ2v) is 6.20. The summed E-state index contributed by atoms with van der Waals surface area (Å²) in [6, 6.07) is 4.05. The first kappa shape index (κ1) is 16.5. The van der Waals surface area contributed by atoms with Crippen LogP contribution < -0.4 is 5.32 Å². The molecular formula is C15H17N3O5. The molecule has 23 heavy (non-hydrogen) atoms. The summed E-state index contributed by atoms with van der Waals surface area (Å²) < 4.78 is 0. The number of nitrogens with one attached hydrogen (secondary N) is 2. The third kappa shape index (κ3) is 3.31. The van der Waals surface area contributed by atoms with Gasteiger partial charge in [0.1, 0.15) is 5.69 Å². The van der Waals surface area contributed by atoms with Crippen molar-refractivity contribution in [3.8, 4) is 0 Å². The van der Waals surface area contributed by atoms with E-state index in [1.807, 2.05) is 0 Å². The number of aromatic carboxylic acids is 1. The molecule has 3 N–H and O–H groups in total. The maximum absolute atomic E-state index is 12.0. The number of hydrogen-bond acceptors (Lipinski definition) is 4. The number of carboxylic acid groups (broad SMARTS) is 1. The highest BCUT2D eigenvalue weighted by molar-refractivity contribution is 5.98. The Balaban J connectivity index is 2.48. The monoisotopic (exact) mass is 319 g/mol. The lowest BCUT2D eigenvalue weighted by Gasteiger charge is -2.17. The van der Waals surface area contributed by atoms with E-state index in [0.717, 1.165) is 0 Å². The van der Waals surface area contributed by atoms with Crippen LogP contribution in [0.25, 0.3) is 10.9 Å².